The zero-order chi connectivity index (χ0) is 12.4. The number of aromatic nitrogens is 5. The summed E-state index contributed by atoms with van der Waals surface area (Å²) < 4.78 is 1.63. The first-order valence-corrected chi connectivity index (χ1v) is 5.18. The van der Waals surface area contributed by atoms with E-state index in [1.807, 2.05) is 0 Å². The lowest BCUT2D eigenvalue weighted by Crippen LogP contribution is -2.17. The van der Waals surface area contributed by atoms with E-state index in [1.165, 1.54) is 30.1 Å². The number of carboxylic acid groups (broad SMARTS) is 1. The summed E-state index contributed by atoms with van der Waals surface area (Å²) in [5.41, 5.74) is 0.466. The van der Waals surface area contributed by atoms with Gasteiger partial charge < -0.3 is 5.11 Å². The van der Waals surface area contributed by atoms with Gasteiger partial charge in [0.05, 0.1) is 6.20 Å². The third kappa shape index (κ3) is 2.07. The fourth-order valence-electron chi connectivity index (χ4n) is 1.37. The molecule has 0 aromatic carbocycles. The summed E-state index contributed by atoms with van der Waals surface area (Å²) in [6.45, 7) is 1.52. The second-order valence-corrected chi connectivity index (χ2v) is 3.71. The van der Waals surface area contributed by atoms with Gasteiger partial charge in [0.1, 0.15) is 11.7 Å². The molecule has 2 aromatic rings. The molecular weight excluding hydrogens is 242 g/mol. The minimum atomic E-state index is -0.993. The number of aliphatic carboxylic acids is 1. The molecule has 0 saturated carbocycles. The molecule has 0 aliphatic rings. The first-order valence-electron chi connectivity index (χ1n) is 4.77. The molecule has 7 nitrogen and oxygen atoms in total. The molecule has 0 aliphatic carbocycles. The van der Waals surface area contributed by atoms with Crippen LogP contribution in [0.25, 0.3) is 11.5 Å². The minimum absolute atomic E-state index is 0.237. The number of hydrogen-bond donors (Lipinski definition) is 2. The monoisotopic (exact) mass is 251 g/mol. The summed E-state index contributed by atoms with van der Waals surface area (Å²) in [7, 11) is 0. The van der Waals surface area contributed by atoms with Gasteiger partial charge in [0.2, 0.25) is 0 Å². The van der Waals surface area contributed by atoms with Crippen LogP contribution in [0.2, 0.25) is 0 Å². The van der Waals surface area contributed by atoms with Crippen LogP contribution >= 0.6 is 12.2 Å². The van der Waals surface area contributed by atoms with Gasteiger partial charge in [0.25, 0.3) is 0 Å². The van der Waals surface area contributed by atoms with E-state index in [9.17, 15) is 4.79 Å². The number of nitrogens with zero attached hydrogens (tertiary/aromatic N) is 4. The van der Waals surface area contributed by atoms with E-state index in [0.717, 1.165) is 0 Å². The van der Waals surface area contributed by atoms with E-state index in [4.69, 9.17) is 17.3 Å². The van der Waals surface area contributed by atoms with Crippen LogP contribution in [-0.2, 0) is 4.79 Å². The molecule has 0 fully saturated rings. The fourth-order valence-corrected chi connectivity index (χ4v) is 1.66. The molecule has 2 N–H and O–H groups in total. The Kier molecular flexibility index (Phi) is 2.96. The summed E-state index contributed by atoms with van der Waals surface area (Å²) >= 11 is 5.00. The van der Waals surface area contributed by atoms with Crippen LogP contribution in [0, 0.1) is 4.77 Å². The van der Waals surface area contributed by atoms with Gasteiger partial charge in [0, 0.05) is 12.4 Å². The Hall–Kier alpha value is -2.09. The topological polar surface area (TPSA) is 96.7 Å². The molecular formula is C9H9N5O2S. The van der Waals surface area contributed by atoms with E-state index < -0.39 is 12.0 Å². The molecule has 88 valence electrons. The third-order valence-corrected chi connectivity index (χ3v) is 2.53. The summed E-state index contributed by atoms with van der Waals surface area (Å²) in [5.74, 6) is -0.634. The van der Waals surface area contributed by atoms with Gasteiger partial charge in [0.15, 0.2) is 10.6 Å². The lowest BCUT2D eigenvalue weighted by atomic mass is 10.3. The number of hydrogen-bond acceptors (Lipinski definition) is 5. The largest absolute Gasteiger partial charge is 0.480 e. The lowest BCUT2D eigenvalue weighted by molar-refractivity contribution is -0.140. The summed E-state index contributed by atoms with van der Waals surface area (Å²) in [5, 5.41) is 15.5. The first-order chi connectivity index (χ1) is 8.11. The predicted molar refractivity (Wildman–Crippen MR) is 60.8 cm³/mol. The van der Waals surface area contributed by atoms with Gasteiger partial charge in [-0.1, -0.05) is 0 Å². The summed E-state index contributed by atoms with van der Waals surface area (Å²) in [6, 6.07) is -0.821. The Balaban J connectivity index is 2.58. The minimum Gasteiger partial charge on any atom is -0.480 e. The van der Waals surface area contributed by atoms with Gasteiger partial charge in [-0.15, -0.1) is 0 Å². The van der Waals surface area contributed by atoms with Crippen molar-refractivity contribution in [3.63, 3.8) is 0 Å². The van der Waals surface area contributed by atoms with Gasteiger partial charge in [-0.05, 0) is 19.1 Å². The molecule has 0 spiro atoms. The quantitative estimate of drug-likeness (QED) is 0.791. The van der Waals surface area contributed by atoms with Crippen LogP contribution in [0.5, 0.6) is 0 Å². The molecule has 2 heterocycles. The molecule has 0 aliphatic heterocycles. The second-order valence-electron chi connectivity index (χ2n) is 3.33. The Morgan fingerprint density at radius 2 is 2.35 bits per heavy atom. The highest BCUT2D eigenvalue weighted by Gasteiger charge is 2.20. The Labute approximate surface area is 101 Å². The van der Waals surface area contributed by atoms with Crippen molar-refractivity contribution in [3.05, 3.63) is 23.4 Å². The number of nitrogens with one attached hydrogen (secondary N) is 1. The number of H-pyrrole nitrogens is 1. The van der Waals surface area contributed by atoms with E-state index in [0.29, 0.717) is 11.5 Å². The van der Waals surface area contributed by atoms with Crippen LogP contribution in [0.3, 0.4) is 0 Å². The zero-order valence-electron chi connectivity index (χ0n) is 8.86. The van der Waals surface area contributed by atoms with Crippen molar-refractivity contribution >= 4 is 18.2 Å². The summed E-state index contributed by atoms with van der Waals surface area (Å²) in [6.07, 6.45) is 4.52. The highest BCUT2D eigenvalue weighted by Crippen LogP contribution is 2.18. The average molecular weight is 251 g/mol. The first kappa shape index (κ1) is 11.4. The van der Waals surface area contributed by atoms with Gasteiger partial charge in [-0.25, -0.2) is 9.78 Å². The van der Waals surface area contributed by atoms with Gasteiger partial charge in [-0.3, -0.25) is 14.6 Å². The molecule has 0 unspecified atom stereocenters. The molecule has 2 rings (SSSR count). The van der Waals surface area contributed by atoms with Crippen molar-refractivity contribution in [2.45, 2.75) is 13.0 Å². The molecule has 0 amide bonds. The van der Waals surface area contributed by atoms with Crippen LogP contribution in [0.1, 0.15) is 13.0 Å². The van der Waals surface area contributed by atoms with Crippen molar-refractivity contribution in [1.29, 1.82) is 0 Å². The van der Waals surface area contributed by atoms with Gasteiger partial charge >= 0.3 is 5.97 Å². The maximum Gasteiger partial charge on any atom is 0.326 e. The predicted octanol–water partition coefficient (Wildman–Crippen LogP) is 1.04. The molecule has 0 saturated heterocycles. The average Bonchev–Trinajstić information content (AvgIpc) is 2.71. The van der Waals surface area contributed by atoms with E-state index in [1.54, 1.807) is 0 Å². The van der Waals surface area contributed by atoms with Crippen molar-refractivity contribution in [2.24, 2.45) is 0 Å². The molecule has 0 radical (unpaired) electrons. The fraction of sp³-hybridized carbons (Fsp3) is 0.222. The van der Waals surface area contributed by atoms with Crippen LogP contribution in [-0.4, -0.2) is 35.8 Å². The van der Waals surface area contributed by atoms with Crippen molar-refractivity contribution in [2.75, 3.05) is 0 Å². The highest BCUT2D eigenvalue weighted by atomic mass is 32.1. The number of carbonyl (C=O) groups is 1. The van der Waals surface area contributed by atoms with E-state index in [-0.39, 0.29) is 4.77 Å². The molecule has 17 heavy (non-hydrogen) atoms. The molecule has 0 bridgehead atoms. The Bertz CT molecular complexity index is 591. The number of rotatable bonds is 3. The standard InChI is InChI=1S/C9H9N5O2S/c1-5(8(15)16)14-7(12-13-9(14)17)6-4-10-2-3-11-6/h2-5H,1H3,(H,13,17)(H,15,16)/t5-/m1/s1. The molecule has 1 atom stereocenters. The maximum atomic E-state index is 11.0. The number of aromatic amines is 1. The van der Waals surface area contributed by atoms with Crippen molar-refractivity contribution in [1.82, 2.24) is 24.7 Å². The molecule has 2 aromatic heterocycles. The van der Waals surface area contributed by atoms with Crippen LogP contribution < -0.4 is 0 Å². The number of carboxylic acids is 1. The third-order valence-electron chi connectivity index (χ3n) is 2.24. The maximum absolute atomic E-state index is 11.0. The second kappa shape index (κ2) is 4.42. The highest BCUT2D eigenvalue weighted by molar-refractivity contribution is 7.71. The van der Waals surface area contributed by atoms with Crippen LogP contribution in [0.4, 0.5) is 0 Å². The Morgan fingerprint density at radius 3 is 2.94 bits per heavy atom. The van der Waals surface area contributed by atoms with E-state index >= 15 is 0 Å². The smallest absolute Gasteiger partial charge is 0.326 e. The zero-order valence-corrected chi connectivity index (χ0v) is 9.68. The van der Waals surface area contributed by atoms with Crippen LogP contribution in [0.15, 0.2) is 18.6 Å². The lowest BCUT2D eigenvalue weighted by Gasteiger charge is -2.09. The SMILES string of the molecule is C[C@H](C(=O)O)n1c(-c2cnccn2)n[nH]c1=S. The van der Waals surface area contributed by atoms with Crippen molar-refractivity contribution < 1.29 is 9.90 Å². The van der Waals surface area contributed by atoms with E-state index in [2.05, 4.69) is 20.2 Å². The summed E-state index contributed by atoms with van der Waals surface area (Å²) in [4.78, 5) is 19.0. The van der Waals surface area contributed by atoms with Crippen molar-refractivity contribution in [3.8, 4) is 11.5 Å². The Morgan fingerprint density at radius 1 is 1.59 bits per heavy atom. The molecule has 8 heteroatoms. The normalized spacial score (nSPS) is 12.3. The van der Waals surface area contributed by atoms with Gasteiger partial charge in [-0.2, -0.15) is 5.10 Å².